The van der Waals surface area contributed by atoms with Crippen LogP contribution in [0.1, 0.15) is 39.0 Å². The van der Waals surface area contributed by atoms with Crippen molar-refractivity contribution in [1.82, 2.24) is 15.1 Å². The molecule has 1 aliphatic carbocycles. The molecule has 24 heavy (non-hydrogen) atoms. The molecule has 1 atom stereocenters. The van der Waals surface area contributed by atoms with Crippen LogP contribution >= 0.6 is 0 Å². The number of methoxy groups -OCH3 is 1. The monoisotopic (exact) mass is 340 g/mol. The molecule has 0 radical (unpaired) electrons. The van der Waals surface area contributed by atoms with Gasteiger partial charge in [-0.05, 0) is 46.1 Å². The van der Waals surface area contributed by atoms with Crippen molar-refractivity contribution in [3.05, 3.63) is 0 Å². The molecule has 0 spiro atoms. The molecule has 0 amide bonds. The summed E-state index contributed by atoms with van der Waals surface area (Å²) in [5, 5.41) is 3.55. The third kappa shape index (κ3) is 6.22. The molecule has 2 aliphatic rings. The van der Waals surface area contributed by atoms with E-state index in [1.165, 1.54) is 12.8 Å². The molecule has 1 saturated heterocycles. The Morgan fingerprint density at radius 3 is 2.54 bits per heavy atom. The fourth-order valence-corrected chi connectivity index (χ4v) is 3.24. The second-order valence-corrected chi connectivity index (χ2v) is 7.08. The molecule has 1 unspecified atom stereocenters. The summed E-state index contributed by atoms with van der Waals surface area (Å²) in [4.78, 5) is 9.32. The van der Waals surface area contributed by atoms with Gasteiger partial charge in [-0.3, -0.25) is 9.89 Å². The predicted octanol–water partition coefficient (Wildman–Crippen LogP) is 1.56. The van der Waals surface area contributed by atoms with Crippen molar-refractivity contribution >= 4 is 5.96 Å². The number of rotatable bonds is 9. The number of guanidine groups is 1. The van der Waals surface area contributed by atoms with Crippen LogP contribution in [0.5, 0.6) is 0 Å². The lowest BCUT2D eigenvalue weighted by molar-refractivity contribution is 0.00986. The van der Waals surface area contributed by atoms with Gasteiger partial charge in [-0.1, -0.05) is 0 Å². The van der Waals surface area contributed by atoms with Crippen LogP contribution in [0.2, 0.25) is 0 Å². The average Bonchev–Trinajstić information content (AvgIpc) is 3.44. The number of nitrogens with zero attached hydrogens (tertiary/aromatic N) is 3. The lowest BCUT2D eigenvalue weighted by atomic mass is 10.1. The molecular formula is C18H36N4O2. The minimum Gasteiger partial charge on any atom is -0.385 e. The predicted molar refractivity (Wildman–Crippen MR) is 98.6 cm³/mol. The summed E-state index contributed by atoms with van der Waals surface area (Å²) in [6.45, 7) is 6.86. The Morgan fingerprint density at radius 1 is 1.25 bits per heavy atom. The smallest absolute Gasteiger partial charge is 0.193 e. The average molecular weight is 341 g/mol. The maximum absolute atomic E-state index is 5.94. The van der Waals surface area contributed by atoms with E-state index in [2.05, 4.69) is 34.1 Å². The van der Waals surface area contributed by atoms with Gasteiger partial charge in [-0.15, -0.1) is 0 Å². The Morgan fingerprint density at radius 2 is 1.96 bits per heavy atom. The van der Waals surface area contributed by atoms with Crippen LogP contribution in [0.3, 0.4) is 0 Å². The summed E-state index contributed by atoms with van der Waals surface area (Å²) in [5.74, 6) is 1.03. The van der Waals surface area contributed by atoms with Gasteiger partial charge in [0.1, 0.15) is 0 Å². The van der Waals surface area contributed by atoms with Crippen LogP contribution in [0.4, 0.5) is 0 Å². The highest BCUT2D eigenvalue weighted by molar-refractivity contribution is 5.80. The van der Waals surface area contributed by atoms with Gasteiger partial charge >= 0.3 is 0 Å². The third-order valence-corrected chi connectivity index (χ3v) is 5.17. The van der Waals surface area contributed by atoms with E-state index >= 15 is 0 Å². The quantitative estimate of drug-likeness (QED) is 0.392. The molecule has 140 valence electrons. The van der Waals surface area contributed by atoms with Crippen molar-refractivity contribution in [2.45, 2.75) is 57.2 Å². The standard InChI is InChI=1S/C18H36N4O2/c1-15(21(3)16-6-7-16)14-20-18(19-2)22-10-8-17(9-11-22)24-13-5-12-23-4/h15-17H,5-14H2,1-4H3,(H,19,20). The van der Waals surface area contributed by atoms with E-state index in [9.17, 15) is 0 Å². The maximum atomic E-state index is 5.94. The number of piperidine rings is 1. The van der Waals surface area contributed by atoms with Gasteiger partial charge in [-0.2, -0.15) is 0 Å². The van der Waals surface area contributed by atoms with Gasteiger partial charge in [0.05, 0.1) is 6.10 Å². The van der Waals surface area contributed by atoms with Crippen molar-refractivity contribution in [2.24, 2.45) is 4.99 Å². The van der Waals surface area contributed by atoms with Crippen LogP contribution in [0, 0.1) is 0 Å². The van der Waals surface area contributed by atoms with Crippen LogP contribution in [-0.2, 0) is 9.47 Å². The van der Waals surface area contributed by atoms with Crippen LogP contribution < -0.4 is 5.32 Å². The van der Waals surface area contributed by atoms with E-state index in [1.807, 2.05) is 7.05 Å². The van der Waals surface area contributed by atoms with Gasteiger partial charge in [0.15, 0.2) is 5.96 Å². The minimum absolute atomic E-state index is 0.385. The Hall–Kier alpha value is -0.850. The second-order valence-electron chi connectivity index (χ2n) is 7.08. The SMILES string of the molecule is CN=C(NCC(C)N(C)C1CC1)N1CCC(OCCCOC)CC1. The summed E-state index contributed by atoms with van der Waals surface area (Å²) in [6.07, 6.45) is 6.22. The fourth-order valence-electron chi connectivity index (χ4n) is 3.24. The van der Waals surface area contributed by atoms with Gasteiger partial charge < -0.3 is 19.7 Å². The summed E-state index contributed by atoms with van der Waals surface area (Å²) >= 11 is 0. The third-order valence-electron chi connectivity index (χ3n) is 5.17. The molecule has 0 aromatic rings. The molecule has 1 aliphatic heterocycles. The number of likely N-dealkylation sites (N-methyl/N-ethyl adjacent to an activating group) is 1. The van der Waals surface area contributed by atoms with E-state index in [1.54, 1.807) is 7.11 Å². The van der Waals surface area contributed by atoms with Gasteiger partial charge in [0, 0.05) is 59.1 Å². The summed E-state index contributed by atoms with van der Waals surface area (Å²) in [5.41, 5.74) is 0. The summed E-state index contributed by atoms with van der Waals surface area (Å²) in [7, 11) is 5.85. The summed E-state index contributed by atoms with van der Waals surface area (Å²) < 4.78 is 11.0. The van der Waals surface area contributed by atoms with E-state index in [0.717, 1.165) is 64.1 Å². The largest absolute Gasteiger partial charge is 0.385 e. The molecule has 2 fully saturated rings. The fraction of sp³-hybridized carbons (Fsp3) is 0.944. The Balaban J connectivity index is 1.65. The van der Waals surface area contributed by atoms with Gasteiger partial charge in [0.2, 0.25) is 0 Å². The molecular weight excluding hydrogens is 304 g/mol. The first kappa shape index (κ1) is 19.5. The zero-order chi connectivity index (χ0) is 17.4. The number of hydrogen-bond donors (Lipinski definition) is 1. The first-order valence-electron chi connectivity index (χ1n) is 9.43. The number of aliphatic imine (C=N–C) groups is 1. The van der Waals surface area contributed by atoms with E-state index in [4.69, 9.17) is 9.47 Å². The molecule has 1 saturated carbocycles. The first-order valence-corrected chi connectivity index (χ1v) is 9.43. The van der Waals surface area contributed by atoms with E-state index in [0.29, 0.717) is 12.1 Å². The molecule has 6 nitrogen and oxygen atoms in total. The van der Waals surface area contributed by atoms with Gasteiger partial charge in [-0.25, -0.2) is 0 Å². The van der Waals surface area contributed by atoms with Crippen molar-refractivity contribution in [1.29, 1.82) is 0 Å². The minimum atomic E-state index is 0.385. The normalized spacial score (nSPS) is 21.4. The van der Waals surface area contributed by atoms with Crippen molar-refractivity contribution in [3.63, 3.8) is 0 Å². The highest BCUT2D eigenvalue weighted by atomic mass is 16.5. The number of likely N-dealkylation sites (tertiary alicyclic amines) is 1. The van der Waals surface area contributed by atoms with Crippen molar-refractivity contribution < 1.29 is 9.47 Å². The number of nitrogens with one attached hydrogen (secondary N) is 1. The molecule has 6 heteroatoms. The zero-order valence-electron chi connectivity index (χ0n) is 16.0. The zero-order valence-corrected chi connectivity index (χ0v) is 16.0. The van der Waals surface area contributed by atoms with E-state index < -0.39 is 0 Å². The lowest BCUT2D eigenvalue weighted by Gasteiger charge is -2.35. The van der Waals surface area contributed by atoms with Crippen LogP contribution in [0.15, 0.2) is 4.99 Å². The molecule has 0 aromatic carbocycles. The van der Waals surface area contributed by atoms with Crippen molar-refractivity contribution in [3.8, 4) is 0 Å². The maximum Gasteiger partial charge on any atom is 0.193 e. The lowest BCUT2D eigenvalue weighted by Crippen LogP contribution is -2.50. The van der Waals surface area contributed by atoms with E-state index in [-0.39, 0.29) is 0 Å². The highest BCUT2D eigenvalue weighted by Crippen LogP contribution is 2.26. The molecule has 1 N–H and O–H groups in total. The molecule has 1 heterocycles. The number of hydrogen-bond acceptors (Lipinski definition) is 4. The molecule has 2 rings (SSSR count). The topological polar surface area (TPSA) is 49.3 Å². The summed E-state index contributed by atoms with van der Waals surface area (Å²) in [6, 6.07) is 1.34. The van der Waals surface area contributed by atoms with Crippen molar-refractivity contribution in [2.75, 3.05) is 54.1 Å². The molecule has 0 aromatic heterocycles. The molecule has 0 bridgehead atoms. The van der Waals surface area contributed by atoms with Crippen LogP contribution in [-0.4, -0.2) is 88.0 Å². The van der Waals surface area contributed by atoms with Gasteiger partial charge in [0.25, 0.3) is 0 Å². The van der Waals surface area contributed by atoms with Crippen LogP contribution in [0.25, 0.3) is 0 Å². The Labute approximate surface area is 147 Å². The Bertz CT molecular complexity index is 379. The second kappa shape index (κ2) is 10.2. The highest BCUT2D eigenvalue weighted by Gasteiger charge is 2.29. The number of ether oxygens (including phenoxy) is 2. The Kier molecular flexibility index (Phi) is 8.29. The first-order chi connectivity index (χ1) is 11.7.